The van der Waals surface area contributed by atoms with E-state index in [-0.39, 0.29) is 34.9 Å². The summed E-state index contributed by atoms with van der Waals surface area (Å²) in [6.07, 6.45) is 3.19. The highest BCUT2D eigenvalue weighted by molar-refractivity contribution is 8.93. The maximum atomic E-state index is 13.1. The van der Waals surface area contributed by atoms with Gasteiger partial charge in [0.1, 0.15) is 0 Å². The van der Waals surface area contributed by atoms with Crippen molar-refractivity contribution in [3.05, 3.63) is 0 Å². The smallest absolute Gasteiger partial charge is 0.312 e. The van der Waals surface area contributed by atoms with Gasteiger partial charge < -0.3 is 16.0 Å². The minimum absolute atomic E-state index is 0. The van der Waals surface area contributed by atoms with Crippen LogP contribution in [0, 0.1) is 17.8 Å². The molecule has 2 aliphatic carbocycles. The molecule has 2 unspecified atom stereocenters. The first-order chi connectivity index (χ1) is 8.96. The third-order valence-corrected chi connectivity index (χ3v) is 4.99. The average molecular weight is 354 g/mol. The van der Waals surface area contributed by atoms with E-state index in [9.17, 15) is 13.6 Å². The lowest BCUT2D eigenvalue weighted by atomic mass is 9.99. The molecule has 0 aromatic rings. The first kappa shape index (κ1) is 15.9. The predicted molar refractivity (Wildman–Crippen MR) is 77.2 cm³/mol. The van der Waals surface area contributed by atoms with Crippen molar-refractivity contribution in [3.8, 4) is 0 Å². The Hall–Kier alpha value is -0.430. The summed E-state index contributed by atoms with van der Waals surface area (Å²) in [5, 5.41) is 2.73. The zero-order chi connectivity index (χ0) is 13.6. The normalized spacial score (nSPS) is 36.0. The molecule has 2 atom stereocenters. The van der Waals surface area contributed by atoms with Crippen molar-refractivity contribution >= 4 is 23.0 Å². The lowest BCUT2D eigenvalue weighted by molar-refractivity contribution is 0.0572. The summed E-state index contributed by atoms with van der Waals surface area (Å²) in [6.45, 7) is 2.78. The zero-order valence-electron chi connectivity index (χ0n) is 11.4. The van der Waals surface area contributed by atoms with E-state index < -0.39 is 12.0 Å². The minimum Gasteiger partial charge on any atom is -0.352 e. The Morgan fingerprint density at radius 2 is 1.80 bits per heavy atom. The fourth-order valence-electron chi connectivity index (χ4n) is 3.89. The monoisotopic (exact) mass is 353 g/mol. The number of hydrogen-bond acceptors (Lipinski definition) is 2. The van der Waals surface area contributed by atoms with Crippen LogP contribution < -0.4 is 11.1 Å². The number of nitrogens with one attached hydrogen (secondary N) is 1. The standard InChI is InChI=1S/C13H21F2N3O.BrH/c14-13(15)10-5-8(6-11(10)13)7-18-3-1-9(2-4-18)17-12(16)19;/h8-11H,1-7H2,(H3,16,17,19);1H. The van der Waals surface area contributed by atoms with Gasteiger partial charge in [-0.15, -0.1) is 17.0 Å². The summed E-state index contributed by atoms with van der Waals surface area (Å²) in [6, 6.07) is -0.286. The van der Waals surface area contributed by atoms with Gasteiger partial charge >= 0.3 is 6.03 Å². The quantitative estimate of drug-likeness (QED) is 0.815. The largest absolute Gasteiger partial charge is 0.352 e. The number of carbonyl (C=O) groups is 1. The predicted octanol–water partition coefficient (Wildman–Crippen LogP) is 1.99. The number of rotatable bonds is 3. The van der Waals surface area contributed by atoms with Crippen molar-refractivity contribution in [2.24, 2.45) is 23.5 Å². The first-order valence-corrected chi connectivity index (χ1v) is 7.13. The molecule has 0 aromatic carbocycles. The van der Waals surface area contributed by atoms with E-state index in [1.807, 2.05) is 0 Å². The Kier molecular flexibility index (Phi) is 4.59. The number of likely N-dealkylation sites (tertiary alicyclic amines) is 1. The number of nitrogens with two attached hydrogens (primary N) is 1. The van der Waals surface area contributed by atoms with Gasteiger partial charge in [0.05, 0.1) is 0 Å². The number of nitrogens with zero attached hydrogens (tertiary/aromatic N) is 1. The van der Waals surface area contributed by atoms with Crippen LogP contribution >= 0.6 is 17.0 Å². The number of hydrogen-bond donors (Lipinski definition) is 2. The van der Waals surface area contributed by atoms with E-state index in [4.69, 9.17) is 5.73 Å². The van der Waals surface area contributed by atoms with Gasteiger partial charge in [-0.25, -0.2) is 13.6 Å². The van der Waals surface area contributed by atoms with Crippen LogP contribution in [0.15, 0.2) is 0 Å². The number of urea groups is 1. The van der Waals surface area contributed by atoms with Crippen molar-refractivity contribution in [3.63, 3.8) is 0 Å². The molecule has 1 heterocycles. The second-order valence-corrected chi connectivity index (χ2v) is 6.31. The fourth-order valence-corrected chi connectivity index (χ4v) is 3.89. The van der Waals surface area contributed by atoms with E-state index >= 15 is 0 Å². The summed E-state index contributed by atoms with van der Waals surface area (Å²) in [5.41, 5.74) is 5.10. The molecule has 3 N–H and O–H groups in total. The summed E-state index contributed by atoms with van der Waals surface area (Å²) in [7, 11) is 0. The Labute approximate surface area is 128 Å². The Morgan fingerprint density at radius 3 is 2.30 bits per heavy atom. The van der Waals surface area contributed by atoms with Crippen LogP contribution in [0.1, 0.15) is 25.7 Å². The molecule has 1 aliphatic heterocycles. The van der Waals surface area contributed by atoms with Gasteiger partial charge in [0.15, 0.2) is 0 Å². The Balaban J connectivity index is 0.00000147. The van der Waals surface area contributed by atoms with E-state index in [0.29, 0.717) is 18.8 Å². The van der Waals surface area contributed by atoms with Gasteiger partial charge in [-0.2, -0.15) is 0 Å². The van der Waals surface area contributed by atoms with Gasteiger partial charge in [0.2, 0.25) is 0 Å². The van der Waals surface area contributed by atoms with Crippen molar-refractivity contribution in [1.82, 2.24) is 10.2 Å². The summed E-state index contributed by atoms with van der Waals surface area (Å²) >= 11 is 0. The van der Waals surface area contributed by atoms with E-state index in [0.717, 1.165) is 32.5 Å². The van der Waals surface area contributed by atoms with Gasteiger partial charge in [0, 0.05) is 37.5 Å². The molecule has 0 aromatic heterocycles. The lowest BCUT2D eigenvalue weighted by Crippen LogP contribution is -2.47. The van der Waals surface area contributed by atoms with E-state index in [2.05, 4.69) is 10.2 Å². The Bertz CT molecular complexity index is 361. The SMILES string of the molecule is Br.NC(=O)NC1CCN(CC2CC3C(C2)C3(F)F)CC1. The average Bonchev–Trinajstić information content (AvgIpc) is 2.73. The van der Waals surface area contributed by atoms with Gasteiger partial charge in [-0.05, 0) is 31.6 Å². The number of carbonyl (C=O) groups excluding carboxylic acids is 1. The molecule has 0 spiro atoms. The number of alkyl halides is 2. The number of amides is 2. The topological polar surface area (TPSA) is 58.4 Å². The fraction of sp³-hybridized carbons (Fsp3) is 0.923. The van der Waals surface area contributed by atoms with Crippen molar-refractivity contribution in [1.29, 1.82) is 0 Å². The number of piperidine rings is 1. The molecule has 3 fully saturated rings. The molecule has 20 heavy (non-hydrogen) atoms. The van der Waals surface area contributed by atoms with E-state index in [1.54, 1.807) is 0 Å². The summed E-state index contributed by atoms with van der Waals surface area (Å²) < 4.78 is 26.2. The van der Waals surface area contributed by atoms with Crippen LogP contribution in [0.3, 0.4) is 0 Å². The van der Waals surface area contributed by atoms with Crippen LogP contribution in [0.25, 0.3) is 0 Å². The van der Waals surface area contributed by atoms with Crippen LogP contribution in [0.5, 0.6) is 0 Å². The number of halogens is 3. The third kappa shape index (κ3) is 3.08. The molecule has 3 rings (SSSR count). The van der Waals surface area contributed by atoms with Crippen LogP contribution in [0.2, 0.25) is 0 Å². The van der Waals surface area contributed by atoms with E-state index in [1.165, 1.54) is 0 Å². The maximum Gasteiger partial charge on any atom is 0.312 e. The molecule has 2 saturated carbocycles. The highest BCUT2D eigenvalue weighted by atomic mass is 79.9. The second-order valence-electron chi connectivity index (χ2n) is 6.31. The molecular formula is C13H22BrF2N3O. The maximum absolute atomic E-state index is 13.1. The van der Waals surface area contributed by atoms with Crippen molar-refractivity contribution in [2.45, 2.75) is 37.6 Å². The number of fused-ring (bicyclic) bond motifs is 1. The first-order valence-electron chi connectivity index (χ1n) is 7.13. The molecule has 3 aliphatic rings. The number of primary amides is 1. The minimum atomic E-state index is -2.35. The van der Waals surface area contributed by atoms with Crippen LogP contribution in [0.4, 0.5) is 13.6 Å². The highest BCUT2D eigenvalue weighted by Crippen LogP contribution is 2.65. The van der Waals surface area contributed by atoms with Crippen molar-refractivity contribution < 1.29 is 13.6 Å². The van der Waals surface area contributed by atoms with Crippen LogP contribution in [-0.4, -0.2) is 42.5 Å². The van der Waals surface area contributed by atoms with Crippen molar-refractivity contribution in [2.75, 3.05) is 19.6 Å². The Morgan fingerprint density at radius 1 is 1.25 bits per heavy atom. The van der Waals surface area contributed by atoms with Gasteiger partial charge in [0.25, 0.3) is 5.92 Å². The molecule has 0 bridgehead atoms. The third-order valence-electron chi connectivity index (χ3n) is 4.99. The zero-order valence-corrected chi connectivity index (χ0v) is 13.1. The van der Waals surface area contributed by atoms with Gasteiger partial charge in [-0.3, -0.25) is 0 Å². The molecule has 0 radical (unpaired) electrons. The summed E-state index contributed by atoms with van der Waals surface area (Å²) in [5.74, 6) is -2.57. The highest BCUT2D eigenvalue weighted by Gasteiger charge is 2.71. The van der Waals surface area contributed by atoms with Crippen LogP contribution in [-0.2, 0) is 0 Å². The molecular weight excluding hydrogens is 332 g/mol. The molecule has 116 valence electrons. The molecule has 2 amide bonds. The second kappa shape index (κ2) is 5.75. The lowest BCUT2D eigenvalue weighted by Gasteiger charge is -2.34. The van der Waals surface area contributed by atoms with Gasteiger partial charge in [-0.1, -0.05) is 0 Å². The summed E-state index contributed by atoms with van der Waals surface area (Å²) in [4.78, 5) is 13.1. The molecule has 7 heteroatoms. The molecule has 4 nitrogen and oxygen atoms in total. The molecule has 1 saturated heterocycles.